The van der Waals surface area contributed by atoms with Gasteiger partial charge in [0.15, 0.2) is 6.61 Å². The van der Waals surface area contributed by atoms with Gasteiger partial charge in [0.05, 0.1) is 0 Å². The number of fused-ring (bicyclic) bond motifs is 1. The van der Waals surface area contributed by atoms with Gasteiger partial charge in [0.1, 0.15) is 24.7 Å². The van der Waals surface area contributed by atoms with E-state index in [4.69, 9.17) is 14.2 Å². The summed E-state index contributed by atoms with van der Waals surface area (Å²) in [4.78, 5) is 12.1. The summed E-state index contributed by atoms with van der Waals surface area (Å²) in [6.45, 7) is 0.576. The normalized spacial score (nSPS) is 10.5. The van der Waals surface area contributed by atoms with Gasteiger partial charge in [-0.05, 0) is 46.2 Å². The second-order valence-electron chi connectivity index (χ2n) is 6.83. The fourth-order valence-electron chi connectivity index (χ4n) is 3.13. The Morgan fingerprint density at radius 2 is 1.30 bits per heavy atom. The molecule has 0 atom stereocenters. The molecule has 0 radical (unpaired) electrons. The highest BCUT2D eigenvalue weighted by molar-refractivity contribution is 5.85. The summed E-state index contributed by atoms with van der Waals surface area (Å²) in [5.74, 6) is 0.918. The van der Waals surface area contributed by atoms with Crippen LogP contribution in [0.25, 0.3) is 10.8 Å². The third-order valence-electron chi connectivity index (χ3n) is 4.70. The second-order valence-corrected chi connectivity index (χ2v) is 6.83. The van der Waals surface area contributed by atoms with E-state index in [0.717, 1.165) is 27.6 Å². The summed E-state index contributed by atoms with van der Waals surface area (Å²) < 4.78 is 16.7. The first-order valence-corrected chi connectivity index (χ1v) is 9.80. The quantitative estimate of drug-likeness (QED) is 0.366. The first-order valence-electron chi connectivity index (χ1n) is 9.80. The lowest BCUT2D eigenvalue weighted by molar-refractivity contribution is -0.147. The van der Waals surface area contributed by atoms with Gasteiger partial charge in [0.25, 0.3) is 0 Å². The SMILES string of the molecule is O=C(COc1ccc(OCc2ccccc2)cc1)OCc1cccc2ccccc12. The summed E-state index contributed by atoms with van der Waals surface area (Å²) in [6.07, 6.45) is 0. The topological polar surface area (TPSA) is 44.8 Å². The van der Waals surface area contributed by atoms with Crippen LogP contribution in [0.3, 0.4) is 0 Å². The lowest BCUT2D eigenvalue weighted by Crippen LogP contribution is -2.14. The van der Waals surface area contributed by atoms with Crippen molar-refractivity contribution in [2.75, 3.05) is 6.61 Å². The van der Waals surface area contributed by atoms with Crippen molar-refractivity contribution < 1.29 is 19.0 Å². The molecule has 0 unspecified atom stereocenters. The summed E-state index contributed by atoms with van der Waals surface area (Å²) in [5, 5.41) is 2.21. The van der Waals surface area contributed by atoms with Crippen LogP contribution >= 0.6 is 0 Å². The average Bonchev–Trinajstić information content (AvgIpc) is 2.81. The second kappa shape index (κ2) is 9.61. The van der Waals surface area contributed by atoms with Crippen molar-refractivity contribution in [3.05, 3.63) is 108 Å². The highest BCUT2D eigenvalue weighted by atomic mass is 16.6. The van der Waals surface area contributed by atoms with Crippen LogP contribution in [0.1, 0.15) is 11.1 Å². The van der Waals surface area contributed by atoms with Gasteiger partial charge in [-0.2, -0.15) is 0 Å². The standard InChI is InChI=1S/C26H22O4/c27-26(30-18-22-11-6-10-21-9-4-5-12-25(21)22)19-29-24-15-13-23(14-16-24)28-17-20-7-2-1-3-8-20/h1-16H,17-19H2. The predicted octanol–water partition coefficient (Wildman–Crippen LogP) is 5.54. The van der Waals surface area contributed by atoms with Crippen LogP contribution in [0, 0.1) is 0 Å². The molecule has 0 aliphatic rings. The van der Waals surface area contributed by atoms with Crippen LogP contribution in [0.5, 0.6) is 11.5 Å². The summed E-state index contributed by atoms with van der Waals surface area (Å²) >= 11 is 0. The Hall–Kier alpha value is -3.79. The van der Waals surface area contributed by atoms with Crippen LogP contribution < -0.4 is 9.47 Å². The van der Waals surface area contributed by atoms with Crippen molar-refractivity contribution in [2.24, 2.45) is 0 Å². The highest BCUT2D eigenvalue weighted by Gasteiger charge is 2.07. The number of hydrogen-bond acceptors (Lipinski definition) is 4. The Bertz CT molecular complexity index is 1100. The van der Waals surface area contributed by atoms with Crippen LogP contribution in [-0.4, -0.2) is 12.6 Å². The molecule has 150 valence electrons. The number of carbonyl (C=O) groups excluding carboxylic acids is 1. The molecular weight excluding hydrogens is 376 g/mol. The van der Waals surface area contributed by atoms with Crippen molar-refractivity contribution in [2.45, 2.75) is 13.2 Å². The molecule has 0 saturated heterocycles. The van der Waals surface area contributed by atoms with Crippen molar-refractivity contribution in [3.8, 4) is 11.5 Å². The fourth-order valence-corrected chi connectivity index (χ4v) is 3.13. The Morgan fingerprint density at radius 1 is 0.633 bits per heavy atom. The Labute approximate surface area is 175 Å². The van der Waals surface area contributed by atoms with Gasteiger partial charge in [0.2, 0.25) is 0 Å². The molecule has 0 heterocycles. The zero-order valence-electron chi connectivity index (χ0n) is 16.5. The van der Waals surface area contributed by atoms with E-state index < -0.39 is 5.97 Å². The molecule has 4 rings (SSSR count). The summed E-state index contributed by atoms with van der Waals surface area (Å²) in [5.41, 5.74) is 2.08. The average molecular weight is 398 g/mol. The summed E-state index contributed by atoms with van der Waals surface area (Å²) in [7, 11) is 0. The van der Waals surface area contributed by atoms with Crippen molar-refractivity contribution in [1.82, 2.24) is 0 Å². The monoisotopic (exact) mass is 398 g/mol. The molecule has 0 saturated carbocycles. The molecule has 0 aliphatic heterocycles. The number of hydrogen-bond donors (Lipinski definition) is 0. The molecule has 0 aliphatic carbocycles. The van der Waals surface area contributed by atoms with Crippen LogP contribution in [-0.2, 0) is 22.7 Å². The van der Waals surface area contributed by atoms with Crippen molar-refractivity contribution >= 4 is 16.7 Å². The molecular formula is C26H22O4. The number of benzene rings is 4. The van der Waals surface area contributed by atoms with E-state index in [0.29, 0.717) is 12.4 Å². The molecule has 0 amide bonds. The van der Waals surface area contributed by atoms with Gasteiger partial charge in [-0.15, -0.1) is 0 Å². The fraction of sp³-hybridized carbons (Fsp3) is 0.115. The zero-order valence-corrected chi connectivity index (χ0v) is 16.5. The van der Waals surface area contributed by atoms with E-state index >= 15 is 0 Å². The Kier molecular flexibility index (Phi) is 6.25. The number of ether oxygens (including phenoxy) is 3. The maximum absolute atomic E-state index is 12.1. The van der Waals surface area contributed by atoms with Gasteiger partial charge in [-0.3, -0.25) is 0 Å². The molecule has 4 aromatic rings. The molecule has 0 aromatic heterocycles. The molecule has 0 N–H and O–H groups in total. The van der Waals surface area contributed by atoms with E-state index in [1.54, 1.807) is 12.1 Å². The molecule has 0 bridgehead atoms. The predicted molar refractivity (Wildman–Crippen MR) is 116 cm³/mol. The van der Waals surface area contributed by atoms with E-state index in [1.165, 1.54) is 0 Å². The molecule has 30 heavy (non-hydrogen) atoms. The van der Waals surface area contributed by atoms with Crippen LogP contribution in [0.4, 0.5) is 0 Å². The molecule has 4 aromatic carbocycles. The third-order valence-corrected chi connectivity index (χ3v) is 4.70. The number of rotatable bonds is 8. The lowest BCUT2D eigenvalue weighted by atomic mass is 10.1. The third kappa shape index (κ3) is 5.17. The maximum atomic E-state index is 12.1. The van der Waals surface area contributed by atoms with E-state index in [9.17, 15) is 4.79 Å². The van der Waals surface area contributed by atoms with E-state index in [1.807, 2.05) is 84.9 Å². The first kappa shape index (κ1) is 19.5. The van der Waals surface area contributed by atoms with Gasteiger partial charge in [0, 0.05) is 0 Å². The van der Waals surface area contributed by atoms with Gasteiger partial charge < -0.3 is 14.2 Å². The van der Waals surface area contributed by atoms with Crippen molar-refractivity contribution in [1.29, 1.82) is 0 Å². The Morgan fingerprint density at radius 3 is 2.10 bits per heavy atom. The molecule has 0 fully saturated rings. The minimum Gasteiger partial charge on any atom is -0.489 e. The maximum Gasteiger partial charge on any atom is 0.344 e. The van der Waals surface area contributed by atoms with Crippen LogP contribution in [0.15, 0.2) is 97.1 Å². The van der Waals surface area contributed by atoms with E-state index in [-0.39, 0.29) is 13.2 Å². The molecule has 4 heteroatoms. The van der Waals surface area contributed by atoms with Crippen molar-refractivity contribution in [3.63, 3.8) is 0 Å². The largest absolute Gasteiger partial charge is 0.489 e. The van der Waals surface area contributed by atoms with Gasteiger partial charge in [-0.25, -0.2) is 4.79 Å². The van der Waals surface area contributed by atoms with Crippen LogP contribution in [0.2, 0.25) is 0 Å². The van der Waals surface area contributed by atoms with Gasteiger partial charge in [-0.1, -0.05) is 72.8 Å². The molecule has 4 nitrogen and oxygen atoms in total. The first-order chi connectivity index (χ1) is 14.8. The smallest absolute Gasteiger partial charge is 0.344 e. The summed E-state index contributed by atoms with van der Waals surface area (Å²) in [6, 6.07) is 31.2. The highest BCUT2D eigenvalue weighted by Crippen LogP contribution is 2.20. The van der Waals surface area contributed by atoms with E-state index in [2.05, 4.69) is 0 Å². The van der Waals surface area contributed by atoms with Gasteiger partial charge >= 0.3 is 5.97 Å². The molecule has 0 spiro atoms. The zero-order chi connectivity index (χ0) is 20.6. The Balaban J connectivity index is 1.24. The minimum absolute atomic E-state index is 0.144. The number of esters is 1. The number of carbonyl (C=O) groups is 1. The minimum atomic E-state index is -0.410. The lowest BCUT2D eigenvalue weighted by Gasteiger charge is -2.10.